The van der Waals surface area contributed by atoms with E-state index in [0.29, 0.717) is 16.3 Å². The predicted octanol–water partition coefficient (Wildman–Crippen LogP) is 5.67. The smallest absolute Gasteiger partial charge is 0.134 e. The molecule has 1 aliphatic heterocycles. The van der Waals surface area contributed by atoms with E-state index in [1.807, 2.05) is 12.1 Å². The SMILES string of the molecule is C=C(c1c(F)cccc1Cl)N1CCCc2cc(Br)ccc21. The summed E-state index contributed by atoms with van der Waals surface area (Å²) in [5.41, 5.74) is 3.31. The van der Waals surface area contributed by atoms with Gasteiger partial charge in [-0.15, -0.1) is 0 Å². The van der Waals surface area contributed by atoms with E-state index in [1.54, 1.807) is 12.1 Å². The van der Waals surface area contributed by atoms with Gasteiger partial charge in [0.15, 0.2) is 0 Å². The summed E-state index contributed by atoms with van der Waals surface area (Å²) in [6.07, 6.45) is 2.03. The molecule has 3 rings (SSSR count). The molecule has 108 valence electrons. The number of hydrogen-bond acceptors (Lipinski definition) is 1. The van der Waals surface area contributed by atoms with E-state index in [2.05, 4.69) is 33.5 Å². The summed E-state index contributed by atoms with van der Waals surface area (Å²) in [5, 5.41) is 0.393. The van der Waals surface area contributed by atoms with E-state index in [0.717, 1.165) is 29.5 Å². The average molecular weight is 367 g/mol. The van der Waals surface area contributed by atoms with E-state index in [9.17, 15) is 4.39 Å². The Bertz CT molecular complexity index is 694. The van der Waals surface area contributed by atoms with Gasteiger partial charge in [-0.1, -0.05) is 40.2 Å². The Hall–Kier alpha value is -1.32. The van der Waals surface area contributed by atoms with E-state index >= 15 is 0 Å². The summed E-state index contributed by atoms with van der Waals surface area (Å²) in [6.45, 7) is 4.90. The quantitative estimate of drug-likeness (QED) is 0.662. The maximum Gasteiger partial charge on any atom is 0.134 e. The second kappa shape index (κ2) is 5.82. The average Bonchev–Trinajstić information content (AvgIpc) is 2.46. The first-order valence-electron chi connectivity index (χ1n) is 6.77. The molecule has 0 spiro atoms. The zero-order chi connectivity index (χ0) is 15.0. The number of benzene rings is 2. The van der Waals surface area contributed by atoms with Crippen molar-refractivity contribution in [3.8, 4) is 0 Å². The standard InChI is InChI=1S/C17H14BrClFN/c1-11(17-14(19)5-2-6-15(17)20)21-9-3-4-12-10-13(18)7-8-16(12)21/h2,5-8,10H,1,3-4,9H2. The molecule has 1 aliphatic rings. The number of nitrogens with zero attached hydrogens (tertiary/aromatic N) is 1. The van der Waals surface area contributed by atoms with Gasteiger partial charge in [0, 0.05) is 22.4 Å². The lowest BCUT2D eigenvalue weighted by molar-refractivity contribution is 0.622. The minimum atomic E-state index is -0.336. The van der Waals surface area contributed by atoms with Gasteiger partial charge in [0.1, 0.15) is 5.82 Å². The summed E-state index contributed by atoms with van der Waals surface area (Å²) in [5.74, 6) is -0.336. The Morgan fingerprint density at radius 2 is 2.10 bits per heavy atom. The first kappa shape index (κ1) is 14.6. The summed E-state index contributed by atoms with van der Waals surface area (Å²) >= 11 is 9.65. The first-order valence-corrected chi connectivity index (χ1v) is 7.94. The van der Waals surface area contributed by atoms with Gasteiger partial charge < -0.3 is 4.90 Å². The highest BCUT2D eigenvalue weighted by molar-refractivity contribution is 9.10. The van der Waals surface area contributed by atoms with Crippen LogP contribution >= 0.6 is 27.5 Å². The van der Waals surface area contributed by atoms with Crippen LogP contribution in [-0.2, 0) is 6.42 Å². The Kier molecular flexibility index (Phi) is 4.05. The van der Waals surface area contributed by atoms with Crippen molar-refractivity contribution in [1.29, 1.82) is 0 Å². The van der Waals surface area contributed by atoms with E-state index < -0.39 is 0 Å². The van der Waals surface area contributed by atoms with Gasteiger partial charge in [-0.3, -0.25) is 0 Å². The third-order valence-corrected chi connectivity index (χ3v) is 4.55. The minimum Gasteiger partial charge on any atom is -0.341 e. The molecule has 0 bridgehead atoms. The largest absolute Gasteiger partial charge is 0.341 e. The van der Waals surface area contributed by atoms with Crippen molar-refractivity contribution in [2.45, 2.75) is 12.8 Å². The number of hydrogen-bond donors (Lipinski definition) is 0. The number of anilines is 1. The van der Waals surface area contributed by atoms with Crippen LogP contribution in [0.3, 0.4) is 0 Å². The van der Waals surface area contributed by atoms with Crippen molar-refractivity contribution < 1.29 is 4.39 Å². The Morgan fingerprint density at radius 1 is 1.29 bits per heavy atom. The topological polar surface area (TPSA) is 3.24 Å². The second-order valence-corrected chi connectivity index (χ2v) is 6.39. The Balaban J connectivity index is 2.05. The van der Waals surface area contributed by atoms with Crippen LogP contribution in [0.1, 0.15) is 17.5 Å². The molecule has 0 amide bonds. The summed E-state index contributed by atoms with van der Waals surface area (Å²) in [7, 11) is 0. The lowest BCUT2D eigenvalue weighted by Gasteiger charge is -2.33. The molecule has 0 radical (unpaired) electrons. The van der Waals surface area contributed by atoms with Crippen molar-refractivity contribution in [3.05, 3.63) is 69.4 Å². The molecule has 0 aromatic heterocycles. The van der Waals surface area contributed by atoms with Crippen LogP contribution in [0.5, 0.6) is 0 Å². The molecular formula is C17H14BrClFN. The van der Waals surface area contributed by atoms with Crippen molar-refractivity contribution in [1.82, 2.24) is 0 Å². The second-order valence-electron chi connectivity index (χ2n) is 5.07. The normalized spacial score (nSPS) is 14.0. The summed E-state index contributed by atoms with van der Waals surface area (Å²) < 4.78 is 15.2. The van der Waals surface area contributed by atoms with Crippen molar-refractivity contribution in [2.75, 3.05) is 11.4 Å². The van der Waals surface area contributed by atoms with Crippen LogP contribution < -0.4 is 4.90 Å². The number of aryl methyl sites for hydroxylation is 1. The van der Waals surface area contributed by atoms with E-state index in [-0.39, 0.29) is 5.82 Å². The van der Waals surface area contributed by atoms with Gasteiger partial charge >= 0.3 is 0 Å². The molecule has 0 N–H and O–H groups in total. The molecule has 2 aromatic carbocycles. The van der Waals surface area contributed by atoms with Crippen molar-refractivity contribution >= 4 is 38.9 Å². The van der Waals surface area contributed by atoms with Crippen LogP contribution in [0.15, 0.2) is 47.4 Å². The van der Waals surface area contributed by atoms with Gasteiger partial charge in [0.2, 0.25) is 0 Å². The highest BCUT2D eigenvalue weighted by Gasteiger charge is 2.22. The van der Waals surface area contributed by atoms with Gasteiger partial charge in [0.25, 0.3) is 0 Å². The van der Waals surface area contributed by atoms with Gasteiger partial charge in [-0.2, -0.15) is 0 Å². The summed E-state index contributed by atoms with van der Waals surface area (Å²) in [4.78, 5) is 2.05. The van der Waals surface area contributed by atoms with Crippen LogP contribution in [0, 0.1) is 5.82 Å². The van der Waals surface area contributed by atoms with Crippen LogP contribution in [0.25, 0.3) is 5.70 Å². The number of fused-ring (bicyclic) bond motifs is 1. The molecule has 2 aromatic rings. The highest BCUT2D eigenvalue weighted by atomic mass is 79.9. The highest BCUT2D eigenvalue weighted by Crippen LogP contribution is 2.37. The van der Waals surface area contributed by atoms with Crippen molar-refractivity contribution in [3.63, 3.8) is 0 Å². The Labute approximate surface area is 137 Å². The molecule has 0 saturated carbocycles. The summed E-state index contributed by atoms with van der Waals surface area (Å²) in [6, 6.07) is 10.9. The first-order chi connectivity index (χ1) is 10.1. The van der Waals surface area contributed by atoms with Crippen LogP contribution in [0.4, 0.5) is 10.1 Å². The zero-order valence-corrected chi connectivity index (χ0v) is 13.7. The monoisotopic (exact) mass is 365 g/mol. The molecule has 1 heterocycles. The van der Waals surface area contributed by atoms with Gasteiger partial charge in [-0.05, 0) is 48.7 Å². The fourth-order valence-corrected chi connectivity index (χ4v) is 3.44. The fourth-order valence-electron chi connectivity index (χ4n) is 2.75. The lowest BCUT2D eigenvalue weighted by atomic mass is 10.00. The molecule has 0 aliphatic carbocycles. The Morgan fingerprint density at radius 3 is 2.86 bits per heavy atom. The molecule has 21 heavy (non-hydrogen) atoms. The van der Waals surface area contributed by atoms with E-state index in [4.69, 9.17) is 11.6 Å². The maximum absolute atomic E-state index is 14.1. The predicted molar refractivity (Wildman–Crippen MR) is 90.3 cm³/mol. The third kappa shape index (κ3) is 2.72. The minimum absolute atomic E-state index is 0.336. The molecular weight excluding hydrogens is 353 g/mol. The maximum atomic E-state index is 14.1. The molecule has 4 heteroatoms. The number of halogens is 3. The molecule has 1 nitrogen and oxygen atoms in total. The van der Waals surface area contributed by atoms with Crippen molar-refractivity contribution in [2.24, 2.45) is 0 Å². The lowest BCUT2D eigenvalue weighted by Crippen LogP contribution is -2.28. The molecule has 0 unspecified atom stereocenters. The van der Waals surface area contributed by atoms with Crippen LogP contribution in [0.2, 0.25) is 5.02 Å². The zero-order valence-electron chi connectivity index (χ0n) is 11.4. The van der Waals surface area contributed by atoms with E-state index in [1.165, 1.54) is 11.6 Å². The van der Waals surface area contributed by atoms with Gasteiger partial charge in [-0.25, -0.2) is 4.39 Å². The number of rotatable bonds is 2. The third-order valence-electron chi connectivity index (χ3n) is 3.74. The van der Waals surface area contributed by atoms with Crippen LogP contribution in [-0.4, -0.2) is 6.54 Å². The molecule has 0 saturated heterocycles. The van der Waals surface area contributed by atoms with Gasteiger partial charge in [0.05, 0.1) is 10.6 Å². The fraction of sp³-hybridized carbons (Fsp3) is 0.176. The molecule has 0 atom stereocenters. The molecule has 0 fully saturated rings.